The highest BCUT2D eigenvalue weighted by atomic mass is 16.4. The van der Waals surface area contributed by atoms with E-state index in [1.165, 1.54) is 6.07 Å². The minimum absolute atomic E-state index is 0.127. The maximum atomic E-state index is 10.6. The summed E-state index contributed by atoms with van der Waals surface area (Å²) in [5.74, 6) is -1.01. The first kappa shape index (κ1) is 8.39. The summed E-state index contributed by atoms with van der Waals surface area (Å²) in [5.41, 5.74) is 6.58. The average Bonchev–Trinajstić information content (AvgIpc) is 2.04. The predicted molar refractivity (Wildman–Crippen MR) is 47.4 cm³/mol. The number of carbonyl (C=O) groups is 1. The minimum Gasteiger partial charge on any atom is -0.478 e. The molecule has 0 saturated heterocycles. The summed E-state index contributed by atoms with van der Waals surface area (Å²) < 4.78 is 0. The van der Waals surface area contributed by atoms with Crippen molar-refractivity contribution in [2.45, 2.75) is 0 Å². The van der Waals surface area contributed by atoms with E-state index in [9.17, 15) is 4.79 Å². The van der Waals surface area contributed by atoms with Gasteiger partial charge in [-0.15, -0.1) is 0 Å². The van der Waals surface area contributed by atoms with Crippen molar-refractivity contribution >= 4 is 17.3 Å². The molecule has 0 bridgehead atoms. The summed E-state index contributed by atoms with van der Waals surface area (Å²) in [6.07, 6.45) is 0. The van der Waals surface area contributed by atoms with Crippen LogP contribution >= 0.6 is 0 Å². The molecular formula is C8H10N2O2. The molecule has 0 unspecified atom stereocenters. The van der Waals surface area contributed by atoms with Crippen LogP contribution in [0.3, 0.4) is 0 Å². The second-order valence-electron chi connectivity index (χ2n) is 2.32. The van der Waals surface area contributed by atoms with Gasteiger partial charge in [0, 0.05) is 7.05 Å². The lowest BCUT2D eigenvalue weighted by Crippen LogP contribution is -2.04. The Kier molecular flexibility index (Phi) is 2.19. The van der Waals surface area contributed by atoms with E-state index in [-0.39, 0.29) is 11.3 Å². The van der Waals surface area contributed by atoms with Crippen molar-refractivity contribution in [1.82, 2.24) is 0 Å². The van der Waals surface area contributed by atoms with Crippen molar-refractivity contribution in [2.24, 2.45) is 0 Å². The number of nitrogens with two attached hydrogens (primary N) is 1. The minimum atomic E-state index is -1.01. The second-order valence-corrected chi connectivity index (χ2v) is 2.32. The second kappa shape index (κ2) is 3.13. The van der Waals surface area contributed by atoms with Gasteiger partial charge in [-0.25, -0.2) is 4.79 Å². The van der Waals surface area contributed by atoms with Crippen molar-refractivity contribution in [3.8, 4) is 0 Å². The van der Waals surface area contributed by atoms with E-state index in [1.54, 1.807) is 19.2 Å². The summed E-state index contributed by atoms with van der Waals surface area (Å²) in [7, 11) is 1.69. The topological polar surface area (TPSA) is 75.3 Å². The Hall–Kier alpha value is -1.71. The van der Waals surface area contributed by atoms with Crippen LogP contribution in [0.2, 0.25) is 0 Å². The molecule has 4 N–H and O–H groups in total. The van der Waals surface area contributed by atoms with Crippen LogP contribution in [-0.2, 0) is 0 Å². The van der Waals surface area contributed by atoms with Crippen molar-refractivity contribution < 1.29 is 9.90 Å². The number of benzene rings is 1. The zero-order valence-corrected chi connectivity index (χ0v) is 6.66. The predicted octanol–water partition coefficient (Wildman–Crippen LogP) is 1.01. The molecule has 0 aromatic heterocycles. The number of rotatable bonds is 2. The van der Waals surface area contributed by atoms with Gasteiger partial charge in [-0.05, 0) is 12.1 Å². The van der Waals surface area contributed by atoms with Crippen LogP contribution in [0.15, 0.2) is 18.2 Å². The molecule has 64 valence electrons. The monoisotopic (exact) mass is 166 g/mol. The quantitative estimate of drug-likeness (QED) is 0.573. The summed E-state index contributed by atoms with van der Waals surface area (Å²) in [5, 5.41) is 11.5. The van der Waals surface area contributed by atoms with Gasteiger partial charge in [0.1, 0.15) is 0 Å². The molecule has 0 amide bonds. The van der Waals surface area contributed by atoms with E-state index in [2.05, 4.69) is 5.32 Å². The number of nitrogen functional groups attached to an aromatic ring is 1. The number of nitrogens with one attached hydrogen (secondary N) is 1. The molecule has 0 atom stereocenters. The number of hydrogen-bond donors (Lipinski definition) is 3. The molecule has 4 nitrogen and oxygen atoms in total. The van der Waals surface area contributed by atoms with E-state index in [1.807, 2.05) is 0 Å². The van der Waals surface area contributed by atoms with Crippen LogP contribution < -0.4 is 11.1 Å². The lowest BCUT2D eigenvalue weighted by molar-refractivity contribution is 0.0698. The van der Waals surface area contributed by atoms with Crippen molar-refractivity contribution in [2.75, 3.05) is 18.1 Å². The van der Waals surface area contributed by atoms with Crippen LogP contribution in [0.1, 0.15) is 10.4 Å². The number of para-hydroxylation sites is 1. The van der Waals surface area contributed by atoms with Gasteiger partial charge in [0.25, 0.3) is 0 Å². The van der Waals surface area contributed by atoms with E-state index in [0.717, 1.165) is 0 Å². The van der Waals surface area contributed by atoms with Gasteiger partial charge in [-0.2, -0.15) is 0 Å². The molecule has 0 spiro atoms. The summed E-state index contributed by atoms with van der Waals surface area (Å²) in [6.45, 7) is 0. The highest BCUT2D eigenvalue weighted by Crippen LogP contribution is 2.21. The maximum Gasteiger partial charge on any atom is 0.337 e. The van der Waals surface area contributed by atoms with Gasteiger partial charge >= 0.3 is 5.97 Å². The van der Waals surface area contributed by atoms with Gasteiger partial charge in [0.2, 0.25) is 0 Å². The fourth-order valence-electron chi connectivity index (χ4n) is 0.970. The zero-order chi connectivity index (χ0) is 9.14. The number of carboxylic acid groups (broad SMARTS) is 1. The van der Waals surface area contributed by atoms with Crippen molar-refractivity contribution in [3.63, 3.8) is 0 Å². The first-order valence-electron chi connectivity index (χ1n) is 3.46. The van der Waals surface area contributed by atoms with Crippen LogP contribution in [0.4, 0.5) is 11.4 Å². The van der Waals surface area contributed by atoms with Gasteiger partial charge < -0.3 is 16.2 Å². The van der Waals surface area contributed by atoms with Crippen LogP contribution in [-0.4, -0.2) is 18.1 Å². The molecule has 1 aromatic carbocycles. The largest absolute Gasteiger partial charge is 0.478 e. The highest BCUT2D eigenvalue weighted by molar-refractivity contribution is 5.97. The average molecular weight is 166 g/mol. The lowest BCUT2D eigenvalue weighted by Gasteiger charge is -2.06. The van der Waals surface area contributed by atoms with Crippen LogP contribution in [0.5, 0.6) is 0 Å². The van der Waals surface area contributed by atoms with Crippen LogP contribution in [0, 0.1) is 0 Å². The Morgan fingerprint density at radius 1 is 1.58 bits per heavy atom. The number of carboxylic acids is 1. The lowest BCUT2D eigenvalue weighted by atomic mass is 10.1. The molecule has 0 aliphatic heterocycles. The molecule has 1 rings (SSSR count). The SMILES string of the molecule is CNc1cccc(C(=O)O)c1N. The summed E-state index contributed by atoms with van der Waals surface area (Å²) in [4.78, 5) is 10.6. The Labute approximate surface area is 70.0 Å². The smallest absolute Gasteiger partial charge is 0.337 e. The highest BCUT2D eigenvalue weighted by Gasteiger charge is 2.09. The Morgan fingerprint density at radius 3 is 2.75 bits per heavy atom. The summed E-state index contributed by atoms with van der Waals surface area (Å²) >= 11 is 0. The van der Waals surface area contributed by atoms with Crippen LogP contribution in [0.25, 0.3) is 0 Å². The molecule has 4 heteroatoms. The molecule has 12 heavy (non-hydrogen) atoms. The van der Waals surface area contributed by atoms with Gasteiger partial charge in [-0.3, -0.25) is 0 Å². The van der Waals surface area contributed by atoms with Gasteiger partial charge in [0.15, 0.2) is 0 Å². The number of anilines is 2. The molecule has 0 aliphatic carbocycles. The van der Waals surface area contributed by atoms with E-state index in [4.69, 9.17) is 10.8 Å². The normalized spacial score (nSPS) is 9.42. The first-order chi connectivity index (χ1) is 5.66. The molecule has 1 aromatic rings. The first-order valence-corrected chi connectivity index (χ1v) is 3.46. The van der Waals surface area contributed by atoms with E-state index < -0.39 is 5.97 Å². The third-order valence-electron chi connectivity index (χ3n) is 1.61. The van der Waals surface area contributed by atoms with Gasteiger partial charge in [-0.1, -0.05) is 6.07 Å². The fraction of sp³-hybridized carbons (Fsp3) is 0.125. The summed E-state index contributed by atoms with van der Waals surface area (Å²) in [6, 6.07) is 4.84. The number of aromatic carboxylic acids is 1. The molecular weight excluding hydrogens is 156 g/mol. The van der Waals surface area contributed by atoms with Crippen molar-refractivity contribution in [3.05, 3.63) is 23.8 Å². The molecule has 0 radical (unpaired) electrons. The molecule has 0 saturated carbocycles. The fourth-order valence-corrected chi connectivity index (χ4v) is 0.970. The Balaban J connectivity index is 3.23. The standard InChI is InChI=1S/C8H10N2O2/c1-10-6-4-2-3-5(7(6)9)8(11)12/h2-4,10H,9H2,1H3,(H,11,12). The van der Waals surface area contributed by atoms with Crippen molar-refractivity contribution in [1.29, 1.82) is 0 Å². The van der Waals surface area contributed by atoms with E-state index >= 15 is 0 Å². The van der Waals surface area contributed by atoms with E-state index in [0.29, 0.717) is 5.69 Å². The molecule has 0 fully saturated rings. The third-order valence-corrected chi connectivity index (χ3v) is 1.61. The molecule has 0 heterocycles. The Bertz CT molecular complexity index is 310. The molecule has 0 aliphatic rings. The Morgan fingerprint density at radius 2 is 2.25 bits per heavy atom. The van der Waals surface area contributed by atoms with Gasteiger partial charge in [0.05, 0.1) is 16.9 Å². The zero-order valence-electron chi connectivity index (χ0n) is 6.66. The maximum absolute atomic E-state index is 10.6. The number of hydrogen-bond acceptors (Lipinski definition) is 3. The third kappa shape index (κ3) is 1.32.